The van der Waals surface area contributed by atoms with Crippen molar-refractivity contribution in [1.29, 1.82) is 0 Å². The van der Waals surface area contributed by atoms with Crippen LogP contribution in [0.5, 0.6) is 0 Å². The maximum Gasteiger partial charge on any atom is 0.151 e. The molecule has 0 spiro atoms. The normalized spacial score (nSPS) is 18.2. The van der Waals surface area contributed by atoms with Gasteiger partial charge in [0, 0.05) is 11.7 Å². The van der Waals surface area contributed by atoms with Crippen LogP contribution >= 0.6 is 0 Å². The molecule has 0 saturated heterocycles. The number of nitrogens with zero attached hydrogens (tertiary/aromatic N) is 3. The van der Waals surface area contributed by atoms with Crippen LogP contribution in [0.15, 0.2) is 36.7 Å². The van der Waals surface area contributed by atoms with Crippen LogP contribution in [-0.2, 0) is 6.54 Å². The van der Waals surface area contributed by atoms with E-state index in [9.17, 15) is 5.11 Å². The molecule has 1 heterocycles. The van der Waals surface area contributed by atoms with Gasteiger partial charge in [-0.3, -0.25) is 4.57 Å². The number of nitrogens with one attached hydrogen (secondary N) is 1. The lowest BCUT2D eigenvalue weighted by Crippen LogP contribution is -2.43. The van der Waals surface area contributed by atoms with Gasteiger partial charge >= 0.3 is 0 Å². The smallest absolute Gasteiger partial charge is 0.151 e. The third-order valence-electron chi connectivity index (χ3n) is 4.23. The summed E-state index contributed by atoms with van der Waals surface area (Å²) in [6.07, 6.45) is 5.53. The average Bonchev–Trinajstić information content (AvgIpc) is 2.93. The number of aromatic nitrogens is 3. The van der Waals surface area contributed by atoms with Gasteiger partial charge < -0.3 is 10.4 Å². The lowest BCUT2D eigenvalue weighted by atomic mass is 9.76. The minimum atomic E-state index is -0.445. The molecule has 0 aliphatic heterocycles. The molecule has 21 heavy (non-hydrogen) atoms. The highest BCUT2D eigenvalue weighted by atomic mass is 16.3. The maximum atomic E-state index is 10.2. The van der Waals surface area contributed by atoms with Gasteiger partial charge in [0.25, 0.3) is 0 Å². The molecule has 0 bridgehead atoms. The lowest BCUT2D eigenvalue weighted by Gasteiger charge is -2.38. The number of para-hydroxylation sites is 1. The topological polar surface area (TPSA) is 63.0 Å². The molecule has 0 radical (unpaired) electrons. The predicted octanol–water partition coefficient (Wildman–Crippen LogP) is 2.05. The van der Waals surface area contributed by atoms with Gasteiger partial charge in [0.1, 0.15) is 6.33 Å². The van der Waals surface area contributed by atoms with Crippen molar-refractivity contribution >= 4 is 0 Å². The minimum absolute atomic E-state index is 0.260. The number of aliphatic hydroxyl groups is 1. The molecule has 1 aromatic heterocycles. The van der Waals surface area contributed by atoms with Gasteiger partial charge in [0.2, 0.25) is 0 Å². The van der Waals surface area contributed by atoms with Gasteiger partial charge in [-0.05, 0) is 44.7 Å². The summed E-state index contributed by atoms with van der Waals surface area (Å²) in [5.41, 5.74) is 0.615. The highest BCUT2D eigenvalue weighted by Gasteiger charge is 2.35. The van der Waals surface area contributed by atoms with E-state index >= 15 is 0 Å². The average molecular weight is 286 g/mol. The van der Waals surface area contributed by atoms with Crippen LogP contribution < -0.4 is 5.32 Å². The fourth-order valence-corrected chi connectivity index (χ4v) is 2.88. The fraction of sp³-hybridized carbons (Fsp3) is 0.500. The van der Waals surface area contributed by atoms with E-state index in [0.29, 0.717) is 6.54 Å². The SMILES string of the molecule is CC(CC1(O)CCC1)NCc1nncn1-c1ccccc1. The van der Waals surface area contributed by atoms with Crippen LogP contribution in [0.1, 0.15) is 38.4 Å². The second-order valence-electron chi connectivity index (χ2n) is 6.02. The zero-order valence-electron chi connectivity index (χ0n) is 12.4. The van der Waals surface area contributed by atoms with E-state index in [-0.39, 0.29) is 6.04 Å². The first-order chi connectivity index (χ1) is 10.2. The Bertz CT molecular complexity index is 577. The number of benzene rings is 1. The second-order valence-corrected chi connectivity index (χ2v) is 6.02. The Balaban J connectivity index is 1.60. The Hall–Kier alpha value is -1.72. The molecule has 1 unspecified atom stereocenters. The summed E-state index contributed by atoms with van der Waals surface area (Å²) in [7, 11) is 0. The third kappa shape index (κ3) is 3.31. The zero-order valence-corrected chi connectivity index (χ0v) is 12.4. The third-order valence-corrected chi connectivity index (χ3v) is 4.23. The molecule has 1 atom stereocenters. The summed E-state index contributed by atoms with van der Waals surface area (Å²) in [6.45, 7) is 2.76. The zero-order chi connectivity index (χ0) is 14.7. The van der Waals surface area contributed by atoms with Crippen LogP contribution in [0.3, 0.4) is 0 Å². The Morgan fingerprint density at radius 3 is 2.76 bits per heavy atom. The van der Waals surface area contributed by atoms with Crippen LogP contribution in [0, 0.1) is 0 Å². The summed E-state index contributed by atoms with van der Waals surface area (Å²) in [5.74, 6) is 0.883. The van der Waals surface area contributed by atoms with Crippen molar-refractivity contribution in [3.8, 4) is 5.69 Å². The minimum Gasteiger partial charge on any atom is -0.390 e. The van der Waals surface area contributed by atoms with Crippen molar-refractivity contribution in [2.24, 2.45) is 0 Å². The summed E-state index contributed by atoms with van der Waals surface area (Å²) >= 11 is 0. The molecule has 1 fully saturated rings. The Labute approximate surface area is 125 Å². The van der Waals surface area contributed by atoms with E-state index in [0.717, 1.165) is 37.2 Å². The molecule has 0 amide bonds. The van der Waals surface area contributed by atoms with E-state index in [1.165, 1.54) is 0 Å². The summed E-state index contributed by atoms with van der Waals surface area (Å²) < 4.78 is 1.98. The van der Waals surface area contributed by atoms with Crippen LogP contribution in [0.2, 0.25) is 0 Å². The summed E-state index contributed by atoms with van der Waals surface area (Å²) in [5, 5.41) is 21.8. The standard InChI is InChI=1S/C16H22N4O/c1-13(10-16(21)8-5-9-16)17-11-15-19-18-12-20(15)14-6-3-2-4-7-14/h2-4,6-7,12-13,17,21H,5,8-11H2,1H3. The van der Waals surface area contributed by atoms with E-state index in [4.69, 9.17) is 0 Å². The first kappa shape index (κ1) is 14.2. The van der Waals surface area contributed by atoms with E-state index in [1.807, 2.05) is 34.9 Å². The molecule has 1 saturated carbocycles. The molecule has 1 aromatic carbocycles. The molecular formula is C16H22N4O. The number of hydrogen-bond acceptors (Lipinski definition) is 4. The molecule has 1 aliphatic carbocycles. The maximum absolute atomic E-state index is 10.2. The molecule has 2 N–H and O–H groups in total. The van der Waals surface area contributed by atoms with Crippen molar-refractivity contribution in [2.45, 2.75) is 50.8 Å². The fourth-order valence-electron chi connectivity index (χ4n) is 2.88. The lowest BCUT2D eigenvalue weighted by molar-refractivity contribution is -0.0464. The van der Waals surface area contributed by atoms with Gasteiger partial charge in [-0.1, -0.05) is 18.2 Å². The monoisotopic (exact) mass is 286 g/mol. The highest BCUT2D eigenvalue weighted by molar-refractivity contribution is 5.31. The largest absolute Gasteiger partial charge is 0.390 e. The van der Waals surface area contributed by atoms with Crippen molar-refractivity contribution in [1.82, 2.24) is 20.1 Å². The molecule has 1 aliphatic rings. The van der Waals surface area contributed by atoms with E-state index < -0.39 is 5.60 Å². The number of hydrogen-bond donors (Lipinski definition) is 2. The highest BCUT2D eigenvalue weighted by Crippen LogP contribution is 2.35. The van der Waals surface area contributed by atoms with Crippen molar-refractivity contribution in [2.75, 3.05) is 0 Å². The van der Waals surface area contributed by atoms with Crippen molar-refractivity contribution < 1.29 is 5.11 Å². The molecule has 2 aromatic rings. The van der Waals surface area contributed by atoms with Gasteiger partial charge in [-0.25, -0.2) is 0 Å². The Morgan fingerprint density at radius 2 is 2.10 bits per heavy atom. The Morgan fingerprint density at radius 1 is 1.33 bits per heavy atom. The van der Waals surface area contributed by atoms with Gasteiger partial charge in [-0.15, -0.1) is 10.2 Å². The van der Waals surface area contributed by atoms with E-state index in [2.05, 4.69) is 22.4 Å². The van der Waals surface area contributed by atoms with Crippen molar-refractivity contribution in [3.05, 3.63) is 42.5 Å². The number of rotatable bonds is 6. The first-order valence-electron chi connectivity index (χ1n) is 7.56. The molecule has 112 valence electrons. The van der Waals surface area contributed by atoms with E-state index in [1.54, 1.807) is 6.33 Å². The molecule has 5 heteroatoms. The van der Waals surface area contributed by atoms with Gasteiger partial charge in [0.15, 0.2) is 5.82 Å². The van der Waals surface area contributed by atoms with Crippen LogP contribution in [-0.4, -0.2) is 31.5 Å². The summed E-state index contributed by atoms with van der Waals surface area (Å²) in [6, 6.07) is 10.3. The molecular weight excluding hydrogens is 264 g/mol. The van der Waals surface area contributed by atoms with Gasteiger partial charge in [0.05, 0.1) is 12.1 Å². The second kappa shape index (κ2) is 5.95. The first-order valence-corrected chi connectivity index (χ1v) is 7.56. The molecule has 5 nitrogen and oxygen atoms in total. The van der Waals surface area contributed by atoms with Crippen molar-refractivity contribution in [3.63, 3.8) is 0 Å². The molecule has 3 rings (SSSR count). The quantitative estimate of drug-likeness (QED) is 0.853. The Kier molecular flexibility index (Phi) is 4.03. The summed E-state index contributed by atoms with van der Waals surface area (Å²) in [4.78, 5) is 0. The van der Waals surface area contributed by atoms with Gasteiger partial charge in [-0.2, -0.15) is 0 Å². The predicted molar refractivity (Wildman–Crippen MR) is 81.1 cm³/mol. The van der Waals surface area contributed by atoms with Crippen LogP contribution in [0.25, 0.3) is 5.69 Å². The van der Waals surface area contributed by atoms with Crippen LogP contribution in [0.4, 0.5) is 0 Å².